The zero-order valence-corrected chi connectivity index (χ0v) is 10.4. The molecular weight excluding hydrogens is 220 g/mol. The molecule has 0 atom stereocenters. The van der Waals surface area contributed by atoms with Crippen LogP contribution in [0.25, 0.3) is 0 Å². The Labute approximate surface area is 101 Å². The standard InChI is InChI=1S/C13H18O4/c1-9(2)12-8-10(17-7-6-16-3)4-5-11(12)13(14)15/h4-5,8-9H,6-7H2,1-3H3,(H,14,15). The second-order valence-corrected chi connectivity index (χ2v) is 4.05. The summed E-state index contributed by atoms with van der Waals surface area (Å²) in [5, 5.41) is 9.06. The van der Waals surface area contributed by atoms with Gasteiger partial charge in [0.1, 0.15) is 12.4 Å². The summed E-state index contributed by atoms with van der Waals surface area (Å²) in [6.07, 6.45) is 0. The third-order valence-corrected chi connectivity index (χ3v) is 2.43. The molecule has 1 aromatic carbocycles. The fraction of sp³-hybridized carbons (Fsp3) is 0.462. The highest BCUT2D eigenvalue weighted by molar-refractivity contribution is 5.89. The molecule has 4 heteroatoms. The predicted molar refractivity (Wildman–Crippen MR) is 64.9 cm³/mol. The highest BCUT2D eigenvalue weighted by atomic mass is 16.5. The molecule has 4 nitrogen and oxygen atoms in total. The van der Waals surface area contributed by atoms with Crippen LogP contribution >= 0.6 is 0 Å². The molecule has 94 valence electrons. The minimum absolute atomic E-state index is 0.145. The number of rotatable bonds is 6. The molecule has 0 aliphatic carbocycles. The van der Waals surface area contributed by atoms with E-state index >= 15 is 0 Å². The van der Waals surface area contributed by atoms with Crippen molar-refractivity contribution in [2.45, 2.75) is 19.8 Å². The van der Waals surface area contributed by atoms with Gasteiger partial charge in [0, 0.05) is 7.11 Å². The maximum Gasteiger partial charge on any atom is 0.335 e. The van der Waals surface area contributed by atoms with Gasteiger partial charge >= 0.3 is 5.97 Å². The summed E-state index contributed by atoms with van der Waals surface area (Å²) in [7, 11) is 1.61. The number of hydrogen-bond donors (Lipinski definition) is 1. The Hall–Kier alpha value is -1.55. The Bertz CT molecular complexity index is 385. The van der Waals surface area contributed by atoms with Gasteiger partial charge in [0.05, 0.1) is 12.2 Å². The van der Waals surface area contributed by atoms with Gasteiger partial charge in [-0.3, -0.25) is 0 Å². The first-order valence-electron chi connectivity index (χ1n) is 5.55. The molecule has 0 aromatic heterocycles. The van der Waals surface area contributed by atoms with E-state index in [4.69, 9.17) is 14.6 Å². The number of ether oxygens (including phenoxy) is 2. The largest absolute Gasteiger partial charge is 0.491 e. The second kappa shape index (κ2) is 6.25. The van der Waals surface area contributed by atoms with Gasteiger partial charge in [0.2, 0.25) is 0 Å². The first-order valence-corrected chi connectivity index (χ1v) is 5.55. The molecule has 0 aliphatic rings. The van der Waals surface area contributed by atoms with Crippen molar-refractivity contribution in [1.29, 1.82) is 0 Å². The third-order valence-electron chi connectivity index (χ3n) is 2.43. The molecule has 1 aromatic rings. The van der Waals surface area contributed by atoms with Crippen LogP contribution in [0.15, 0.2) is 18.2 Å². The summed E-state index contributed by atoms with van der Waals surface area (Å²) in [6, 6.07) is 5.04. The summed E-state index contributed by atoms with van der Waals surface area (Å²) in [5.74, 6) is -0.0834. The Morgan fingerprint density at radius 3 is 2.59 bits per heavy atom. The SMILES string of the molecule is COCCOc1ccc(C(=O)O)c(C(C)C)c1. The van der Waals surface area contributed by atoms with Crippen LogP contribution < -0.4 is 4.74 Å². The molecule has 0 unspecified atom stereocenters. The van der Waals surface area contributed by atoms with Crippen molar-refractivity contribution in [2.75, 3.05) is 20.3 Å². The number of benzene rings is 1. The molecule has 0 fully saturated rings. The minimum atomic E-state index is -0.905. The molecule has 0 saturated heterocycles. The zero-order valence-electron chi connectivity index (χ0n) is 10.4. The molecule has 0 heterocycles. The van der Waals surface area contributed by atoms with Gasteiger partial charge in [-0.1, -0.05) is 13.8 Å². The van der Waals surface area contributed by atoms with Crippen molar-refractivity contribution < 1.29 is 19.4 Å². The van der Waals surface area contributed by atoms with Crippen LogP contribution in [-0.4, -0.2) is 31.4 Å². The van der Waals surface area contributed by atoms with Crippen LogP contribution in [0, 0.1) is 0 Å². The summed E-state index contributed by atoms with van der Waals surface area (Å²) in [4.78, 5) is 11.0. The summed E-state index contributed by atoms with van der Waals surface area (Å²) in [5.41, 5.74) is 1.12. The van der Waals surface area contributed by atoms with Crippen molar-refractivity contribution in [3.05, 3.63) is 29.3 Å². The maximum atomic E-state index is 11.0. The fourth-order valence-corrected chi connectivity index (χ4v) is 1.55. The van der Waals surface area contributed by atoms with Gasteiger partial charge in [-0.15, -0.1) is 0 Å². The smallest absolute Gasteiger partial charge is 0.335 e. The summed E-state index contributed by atoms with van der Waals surface area (Å²) < 4.78 is 10.3. The molecule has 1 rings (SSSR count). The van der Waals surface area contributed by atoms with Crippen LogP contribution in [-0.2, 0) is 4.74 Å². The van der Waals surface area contributed by atoms with Crippen molar-refractivity contribution in [3.63, 3.8) is 0 Å². The third kappa shape index (κ3) is 3.75. The van der Waals surface area contributed by atoms with E-state index in [0.717, 1.165) is 5.56 Å². The van der Waals surface area contributed by atoms with Crippen molar-refractivity contribution in [3.8, 4) is 5.75 Å². The molecular formula is C13H18O4. The van der Waals surface area contributed by atoms with Gasteiger partial charge < -0.3 is 14.6 Å². The van der Waals surface area contributed by atoms with E-state index in [-0.39, 0.29) is 5.92 Å². The molecule has 0 aliphatic heterocycles. The first-order chi connectivity index (χ1) is 8.06. The molecule has 17 heavy (non-hydrogen) atoms. The lowest BCUT2D eigenvalue weighted by Gasteiger charge is -2.12. The van der Waals surface area contributed by atoms with Crippen molar-refractivity contribution >= 4 is 5.97 Å². The topological polar surface area (TPSA) is 55.8 Å². The average molecular weight is 238 g/mol. The van der Waals surface area contributed by atoms with E-state index in [9.17, 15) is 4.79 Å². The van der Waals surface area contributed by atoms with Crippen LogP contribution in [0.2, 0.25) is 0 Å². The first kappa shape index (κ1) is 13.5. The molecule has 0 bridgehead atoms. The van der Waals surface area contributed by atoms with E-state index in [1.54, 1.807) is 25.3 Å². The zero-order chi connectivity index (χ0) is 12.8. The number of hydrogen-bond acceptors (Lipinski definition) is 3. The Morgan fingerprint density at radius 1 is 1.35 bits per heavy atom. The molecule has 0 radical (unpaired) electrons. The Morgan fingerprint density at radius 2 is 2.06 bits per heavy atom. The number of carboxylic acids is 1. The lowest BCUT2D eigenvalue weighted by molar-refractivity contribution is 0.0695. The van der Waals surface area contributed by atoms with Crippen LogP contribution in [0.3, 0.4) is 0 Å². The molecule has 0 saturated carbocycles. The maximum absolute atomic E-state index is 11.0. The molecule has 0 spiro atoms. The number of carbonyl (C=O) groups is 1. The van der Waals surface area contributed by atoms with Crippen molar-refractivity contribution in [2.24, 2.45) is 0 Å². The van der Waals surface area contributed by atoms with E-state index in [1.807, 2.05) is 13.8 Å². The van der Waals surface area contributed by atoms with Crippen LogP contribution in [0.5, 0.6) is 5.75 Å². The number of methoxy groups -OCH3 is 1. The predicted octanol–water partition coefficient (Wildman–Crippen LogP) is 2.53. The number of carboxylic acid groups (broad SMARTS) is 1. The highest BCUT2D eigenvalue weighted by Crippen LogP contribution is 2.24. The highest BCUT2D eigenvalue weighted by Gasteiger charge is 2.13. The van der Waals surface area contributed by atoms with E-state index in [2.05, 4.69) is 0 Å². The van der Waals surface area contributed by atoms with Gasteiger partial charge in [-0.2, -0.15) is 0 Å². The van der Waals surface area contributed by atoms with Gasteiger partial charge in [0.25, 0.3) is 0 Å². The van der Waals surface area contributed by atoms with Gasteiger partial charge in [-0.05, 0) is 29.7 Å². The Kier molecular flexibility index (Phi) is 4.97. The fourth-order valence-electron chi connectivity index (χ4n) is 1.55. The normalized spacial score (nSPS) is 10.6. The minimum Gasteiger partial charge on any atom is -0.491 e. The molecule has 1 N–H and O–H groups in total. The lowest BCUT2D eigenvalue weighted by atomic mass is 9.97. The van der Waals surface area contributed by atoms with Crippen molar-refractivity contribution in [1.82, 2.24) is 0 Å². The number of aromatic carboxylic acids is 1. The Balaban J connectivity index is 2.90. The van der Waals surface area contributed by atoms with Gasteiger partial charge in [-0.25, -0.2) is 4.79 Å². The average Bonchev–Trinajstić information content (AvgIpc) is 2.29. The van der Waals surface area contributed by atoms with Gasteiger partial charge in [0.15, 0.2) is 0 Å². The summed E-state index contributed by atoms with van der Waals surface area (Å²) in [6.45, 7) is 4.89. The van der Waals surface area contributed by atoms with Crippen LogP contribution in [0.1, 0.15) is 35.7 Å². The lowest BCUT2D eigenvalue weighted by Crippen LogP contribution is -2.07. The summed E-state index contributed by atoms with van der Waals surface area (Å²) >= 11 is 0. The van der Waals surface area contributed by atoms with E-state index in [1.165, 1.54) is 0 Å². The van der Waals surface area contributed by atoms with E-state index < -0.39 is 5.97 Å². The van der Waals surface area contributed by atoms with E-state index in [0.29, 0.717) is 24.5 Å². The van der Waals surface area contributed by atoms with Crippen LogP contribution in [0.4, 0.5) is 0 Å². The monoisotopic (exact) mass is 238 g/mol. The molecule has 0 amide bonds. The quantitative estimate of drug-likeness (QED) is 0.774. The second-order valence-electron chi connectivity index (χ2n) is 4.05.